The zero-order valence-corrected chi connectivity index (χ0v) is 32.4. The fourth-order valence-corrected chi connectivity index (χ4v) is 8.21. The number of carbonyl (C=O) groups excluding carboxylic acids is 1. The first-order valence-corrected chi connectivity index (χ1v) is 18.6. The molecule has 0 atom stereocenters. The molecule has 0 spiro atoms. The van der Waals surface area contributed by atoms with Crippen LogP contribution in [0.1, 0.15) is 37.9 Å². The van der Waals surface area contributed by atoms with Gasteiger partial charge in [0.15, 0.2) is 11.4 Å². The van der Waals surface area contributed by atoms with Crippen molar-refractivity contribution in [3.63, 3.8) is 0 Å². The number of hydrogen-bond donors (Lipinski definition) is 1. The van der Waals surface area contributed by atoms with E-state index in [4.69, 9.17) is 42.6 Å². The summed E-state index contributed by atoms with van der Waals surface area (Å²) in [6, 6.07) is 15.0. The van der Waals surface area contributed by atoms with Gasteiger partial charge in [-0.3, -0.25) is 14.7 Å². The van der Waals surface area contributed by atoms with E-state index in [1.54, 1.807) is 30.3 Å². The van der Waals surface area contributed by atoms with Crippen molar-refractivity contribution in [2.45, 2.75) is 45.8 Å². The van der Waals surface area contributed by atoms with Crippen LogP contribution in [0.4, 0.5) is 4.79 Å². The second-order valence-electron chi connectivity index (χ2n) is 14.3. The zero-order chi connectivity index (χ0) is 39.0. The summed E-state index contributed by atoms with van der Waals surface area (Å²) < 4.78 is 13.3. The Bertz CT molecular complexity index is 2330. The second kappa shape index (κ2) is 15.4. The van der Waals surface area contributed by atoms with Crippen molar-refractivity contribution in [2.24, 2.45) is 5.41 Å². The molecule has 2 fully saturated rings. The molecule has 1 N–H and O–H groups in total. The lowest BCUT2D eigenvalue weighted by Gasteiger charge is -2.42. The van der Waals surface area contributed by atoms with E-state index in [1.165, 1.54) is 18.9 Å². The minimum absolute atomic E-state index is 0.0108. The number of imidazole rings is 1. The Kier molecular flexibility index (Phi) is 10.6. The number of carboxylic acid groups (broad SMARTS) is 1. The summed E-state index contributed by atoms with van der Waals surface area (Å²) in [4.78, 5) is 43.7. The molecule has 5 aromatic rings. The van der Waals surface area contributed by atoms with Crippen molar-refractivity contribution in [1.29, 1.82) is 5.26 Å². The SMILES string of the molecule is COc1nc(-c2cccc(-c3ccnc(-c4cc(OC)c5nc(CN6CC(C)(C#N)C6)cn5c4)c3Cl)c2Cl)ccc1CN(C(=O)O)C1CCN(C(C)=O)CC1. The fourth-order valence-electron chi connectivity index (χ4n) is 7.56. The van der Waals surface area contributed by atoms with Gasteiger partial charge in [0, 0.05) is 92.1 Å². The Labute approximate surface area is 328 Å². The number of hydrogen-bond acceptors (Lipinski definition) is 9. The molecule has 13 nitrogen and oxygen atoms in total. The number of amides is 2. The first-order chi connectivity index (χ1) is 26.4. The largest absolute Gasteiger partial charge is 0.493 e. The van der Waals surface area contributed by atoms with Gasteiger partial charge in [-0.05, 0) is 44.0 Å². The molecule has 6 heterocycles. The van der Waals surface area contributed by atoms with Crippen LogP contribution in [0.15, 0.2) is 61.1 Å². The lowest BCUT2D eigenvalue weighted by Crippen LogP contribution is -2.53. The number of rotatable bonds is 10. The van der Waals surface area contributed by atoms with Gasteiger partial charge in [-0.25, -0.2) is 14.8 Å². The average molecular weight is 784 g/mol. The van der Waals surface area contributed by atoms with Gasteiger partial charge in [0.2, 0.25) is 11.8 Å². The highest BCUT2D eigenvalue weighted by molar-refractivity contribution is 6.39. The number of piperidine rings is 1. The van der Waals surface area contributed by atoms with Gasteiger partial charge in [0.05, 0.1) is 59.4 Å². The van der Waals surface area contributed by atoms with E-state index in [1.807, 2.05) is 54.0 Å². The Morgan fingerprint density at radius 2 is 1.75 bits per heavy atom. The third-order valence-electron chi connectivity index (χ3n) is 10.4. The number of methoxy groups -OCH3 is 2. The maximum Gasteiger partial charge on any atom is 0.407 e. The molecule has 2 aliphatic rings. The number of benzene rings is 1. The minimum atomic E-state index is -1.04. The van der Waals surface area contributed by atoms with Crippen LogP contribution in [0.25, 0.3) is 39.3 Å². The van der Waals surface area contributed by atoms with Gasteiger partial charge < -0.3 is 28.8 Å². The molecule has 0 saturated carbocycles. The number of pyridine rings is 3. The first kappa shape index (κ1) is 37.9. The maximum absolute atomic E-state index is 12.4. The van der Waals surface area contributed by atoms with Crippen LogP contribution in [0.5, 0.6) is 11.6 Å². The predicted octanol–water partition coefficient (Wildman–Crippen LogP) is 7.29. The van der Waals surface area contributed by atoms with E-state index in [2.05, 4.69) is 16.0 Å². The molecule has 2 aliphatic heterocycles. The molecule has 0 unspecified atom stereocenters. The van der Waals surface area contributed by atoms with Crippen LogP contribution >= 0.6 is 23.2 Å². The van der Waals surface area contributed by atoms with E-state index in [0.29, 0.717) is 101 Å². The van der Waals surface area contributed by atoms with Gasteiger partial charge >= 0.3 is 6.09 Å². The highest BCUT2D eigenvalue weighted by Gasteiger charge is 2.39. The first-order valence-electron chi connectivity index (χ1n) is 17.8. The molecule has 4 aromatic heterocycles. The molecule has 0 aliphatic carbocycles. The maximum atomic E-state index is 12.4. The molecule has 2 amide bonds. The van der Waals surface area contributed by atoms with Crippen LogP contribution in [0.3, 0.4) is 0 Å². The standard InChI is InChI=1S/C40H40Cl2N8O5/c1-24(51)48-14-11-28(12-15-48)50(39(52)53)18-25-8-9-32(46-38(25)55-4)31-7-5-6-29(34(31)41)30-10-13-44-36(35(30)42)26-16-33(54-3)37-45-27(20-49(37)17-26)19-47-22-40(2,21-43)23-47/h5-10,13,16-17,20,28H,11-12,14-15,18-19,22-23H2,1-4H3,(H,52,53). The van der Waals surface area contributed by atoms with Crippen LogP contribution in [0, 0.1) is 16.7 Å². The zero-order valence-electron chi connectivity index (χ0n) is 30.9. The third kappa shape index (κ3) is 7.50. The average Bonchev–Trinajstić information content (AvgIpc) is 3.58. The number of ether oxygens (including phenoxy) is 2. The monoisotopic (exact) mass is 782 g/mol. The van der Waals surface area contributed by atoms with Crippen molar-refractivity contribution in [2.75, 3.05) is 40.4 Å². The van der Waals surface area contributed by atoms with Crippen LogP contribution < -0.4 is 9.47 Å². The smallest absolute Gasteiger partial charge is 0.407 e. The molecule has 0 bridgehead atoms. The van der Waals surface area contributed by atoms with E-state index in [9.17, 15) is 20.0 Å². The summed E-state index contributed by atoms with van der Waals surface area (Å²) in [6.45, 7) is 6.60. The summed E-state index contributed by atoms with van der Waals surface area (Å²) in [6.07, 6.45) is 5.61. The number of likely N-dealkylation sites (tertiary alicyclic amines) is 2. The quantitative estimate of drug-likeness (QED) is 0.153. The highest BCUT2D eigenvalue weighted by atomic mass is 35.5. The number of nitriles is 1. The molecule has 55 heavy (non-hydrogen) atoms. The lowest BCUT2D eigenvalue weighted by molar-refractivity contribution is -0.130. The number of halogens is 2. The molecule has 7 rings (SSSR count). The number of fused-ring (bicyclic) bond motifs is 1. The van der Waals surface area contributed by atoms with Crippen LogP contribution in [-0.2, 0) is 17.9 Å². The van der Waals surface area contributed by atoms with E-state index < -0.39 is 6.09 Å². The van der Waals surface area contributed by atoms with Crippen molar-refractivity contribution >= 4 is 40.8 Å². The molecule has 284 valence electrons. The van der Waals surface area contributed by atoms with Gasteiger partial charge in [0.1, 0.15) is 0 Å². The number of aromatic nitrogens is 4. The molecule has 15 heteroatoms. The Morgan fingerprint density at radius 1 is 1.02 bits per heavy atom. The summed E-state index contributed by atoms with van der Waals surface area (Å²) in [5, 5.41) is 20.3. The van der Waals surface area contributed by atoms with E-state index in [-0.39, 0.29) is 29.8 Å². The summed E-state index contributed by atoms with van der Waals surface area (Å²) in [5.41, 5.74) is 5.56. The van der Waals surface area contributed by atoms with Crippen molar-refractivity contribution in [3.8, 4) is 51.3 Å². The van der Waals surface area contributed by atoms with Gasteiger partial charge in [0.25, 0.3) is 0 Å². The van der Waals surface area contributed by atoms with Gasteiger partial charge in [-0.2, -0.15) is 5.26 Å². The highest BCUT2D eigenvalue weighted by Crippen LogP contribution is 2.42. The van der Waals surface area contributed by atoms with Gasteiger partial charge in [-0.1, -0.05) is 41.4 Å². The Hall–Kier alpha value is -5.42. The predicted molar refractivity (Wildman–Crippen MR) is 208 cm³/mol. The van der Waals surface area contributed by atoms with Crippen molar-refractivity contribution in [3.05, 3.63) is 82.4 Å². The lowest BCUT2D eigenvalue weighted by atomic mass is 9.84. The normalized spacial score (nSPS) is 15.7. The molecular weight excluding hydrogens is 743 g/mol. The second-order valence-corrected chi connectivity index (χ2v) is 15.0. The summed E-state index contributed by atoms with van der Waals surface area (Å²) in [5.74, 6) is 0.835. The minimum Gasteiger partial charge on any atom is -0.493 e. The summed E-state index contributed by atoms with van der Waals surface area (Å²) in [7, 11) is 3.09. The Balaban J connectivity index is 1.16. The van der Waals surface area contributed by atoms with Gasteiger partial charge in [-0.15, -0.1) is 0 Å². The molecule has 1 aromatic carbocycles. The van der Waals surface area contributed by atoms with E-state index in [0.717, 1.165) is 11.3 Å². The van der Waals surface area contributed by atoms with Crippen LogP contribution in [-0.4, -0.2) is 97.6 Å². The topological polar surface area (TPSA) is 149 Å². The number of carbonyl (C=O) groups is 2. The Morgan fingerprint density at radius 3 is 2.42 bits per heavy atom. The molecule has 2 saturated heterocycles. The van der Waals surface area contributed by atoms with Crippen molar-refractivity contribution in [1.82, 2.24) is 34.1 Å². The fraction of sp³-hybridized carbons (Fsp3) is 0.350. The van der Waals surface area contributed by atoms with Crippen molar-refractivity contribution < 1.29 is 24.2 Å². The summed E-state index contributed by atoms with van der Waals surface area (Å²) >= 11 is 14.3. The third-order valence-corrected chi connectivity index (χ3v) is 11.2. The molecular formula is C40H40Cl2N8O5. The van der Waals surface area contributed by atoms with E-state index >= 15 is 0 Å². The molecule has 0 radical (unpaired) electrons. The number of nitrogens with zero attached hydrogens (tertiary/aromatic N) is 8. The van der Waals surface area contributed by atoms with Crippen LogP contribution in [0.2, 0.25) is 10.0 Å².